The first-order chi connectivity index (χ1) is 8.38. The molecule has 0 amide bonds. The lowest BCUT2D eigenvalue weighted by Crippen LogP contribution is -2.19. The molecule has 1 aliphatic heterocycles. The third-order valence-electron chi connectivity index (χ3n) is 3.38. The number of anilines is 1. The summed E-state index contributed by atoms with van der Waals surface area (Å²) in [6.45, 7) is 4.47. The summed E-state index contributed by atoms with van der Waals surface area (Å²) in [5.74, 6) is 1.10. The standard InChI is InChI=1S/C13H18N4/c1-2-5-11-10-14-17-9-6-12(15-13(11)17)16-7-3-4-8-16/h6,9-10H,2-5,7-8H2,1H3. The number of aryl methyl sites for hydroxylation is 1. The predicted octanol–water partition coefficient (Wildman–Crippen LogP) is 2.28. The maximum atomic E-state index is 4.76. The summed E-state index contributed by atoms with van der Waals surface area (Å²) in [6, 6.07) is 2.07. The highest BCUT2D eigenvalue weighted by molar-refractivity contribution is 5.53. The maximum absolute atomic E-state index is 4.76. The second kappa shape index (κ2) is 4.35. The van der Waals surface area contributed by atoms with Gasteiger partial charge in [-0.2, -0.15) is 5.10 Å². The molecule has 0 spiro atoms. The van der Waals surface area contributed by atoms with Crippen molar-refractivity contribution in [2.75, 3.05) is 18.0 Å². The van der Waals surface area contributed by atoms with Crippen LogP contribution < -0.4 is 4.90 Å². The van der Waals surface area contributed by atoms with Gasteiger partial charge in [0.15, 0.2) is 5.65 Å². The molecular weight excluding hydrogens is 212 g/mol. The molecule has 90 valence electrons. The van der Waals surface area contributed by atoms with Crippen molar-refractivity contribution in [3.05, 3.63) is 24.0 Å². The van der Waals surface area contributed by atoms with Gasteiger partial charge in [-0.1, -0.05) is 13.3 Å². The van der Waals surface area contributed by atoms with Crippen LogP contribution in [0.5, 0.6) is 0 Å². The van der Waals surface area contributed by atoms with E-state index in [1.807, 2.05) is 16.9 Å². The zero-order valence-electron chi connectivity index (χ0n) is 10.3. The van der Waals surface area contributed by atoms with Crippen molar-refractivity contribution in [3.8, 4) is 0 Å². The monoisotopic (exact) mass is 230 g/mol. The Hall–Kier alpha value is -1.58. The van der Waals surface area contributed by atoms with Gasteiger partial charge in [-0.15, -0.1) is 0 Å². The van der Waals surface area contributed by atoms with Gasteiger partial charge in [-0.05, 0) is 25.3 Å². The average Bonchev–Trinajstić information content (AvgIpc) is 2.98. The van der Waals surface area contributed by atoms with Gasteiger partial charge >= 0.3 is 0 Å². The summed E-state index contributed by atoms with van der Waals surface area (Å²) in [5.41, 5.74) is 2.28. The van der Waals surface area contributed by atoms with Crippen LogP contribution in [0.2, 0.25) is 0 Å². The zero-order chi connectivity index (χ0) is 11.7. The van der Waals surface area contributed by atoms with Gasteiger partial charge in [0.05, 0.1) is 6.20 Å². The zero-order valence-corrected chi connectivity index (χ0v) is 10.3. The highest BCUT2D eigenvalue weighted by Gasteiger charge is 2.14. The molecule has 0 unspecified atom stereocenters. The molecule has 4 heteroatoms. The van der Waals surface area contributed by atoms with Gasteiger partial charge in [0, 0.05) is 24.8 Å². The molecule has 0 bridgehead atoms. The van der Waals surface area contributed by atoms with E-state index in [9.17, 15) is 0 Å². The normalized spacial score (nSPS) is 15.9. The summed E-state index contributed by atoms with van der Waals surface area (Å²) >= 11 is 0. The van der Waals surface area contributed by atoms with Gasteiger partial charge in [-0.25, -0.2) is 9.50 Å². The molecule has 0 atom stereocenters. The SMILES string of the molecule is CCCc1cnn2ccc(N3CCCC3)nc12. The van der Waals surface area contributed by atoms with Gasteiger partial charge < -0.3 is 4.90 Å². The summed E-state index contributed by atoms with van der Waals surface area (Å²) in [4.78, 5) is 7.13. The van der Waals surface area contributed by atoms with E-state index < -0.39 is 0 Å². The van der Waals surface area contributed by atoms with Crippen LogP contribution in [0.15, 0.2) is 18.5 Å². The van der Waals surface area contributed by atoms with E-state index in [0.29, 0.717) is 0 Å². The fourth-order valence-corrected chi connectivity index (χ4v) is 2.47. The molecule has 0 radical (unpaired) electrons. The molecule has 0 saturated carbocycles. The summed E-state index contributed by atoms with van der Waals surface area (Å²) in [7, 11) is 0. The molecule has 1 fully saturated rings. The smallest absolute Gasteiger partial charge is 0.160 e. The van der Waals surface area contributed by atoms with E-state index in [1.165, 1.54) is 18.4 Å². The summed E-state index contributed by atoms with van der Waals surface area (Å²) < 4.78 is 1.88. The van der Waals surface area contributed by atoms with Crippen LogP contribution in [-0.4, -0.2) is 27.7 Å². The minimum absolute atomic E-state index is 1.02. The number of hydrogen-bond acceptors (Lipinski definition) is 3. The number of aromatic nitrogens is 3. The van der Waals surface area contributed by atoms with Crippen molar-refractivity contribution in [2.24, 2.45) is 0 Å². The molecule has 17 heavy (non-hydrogen) atoms. The molecule has 0 N–H and O–H groups in total. The Kier molecular flexibility index (Phi) is 2.71. The second-order valence-corrected chi connectivity index (χ2v) is 4.67. The summed E-state index contributed by atoms with van der Waals surface area (Å²) in [6.07, 6.45) is 8.73. The number of rotatable bonds is 3. The van der Waals surface area contributed by atoms with Crippen molar-refractivity contribution in [3.63, 3.8) is 0 Å². The van der Waals surface area contributed by atoms with Crippen LogP contribution in [0.1, 0.15) is 31.7 Å². The van der Waals surface area contributed by atoms with Crippen molar-refractivity contribution in [1.82, 2.24) is 14.6 Å². The molecule has 2 aromatic heterocycles. The molecule has 2 aromatic rings. The van der Waals surface area contributed by atoms with E-state index in [2.05, 4.69) is 23.0 Å². The van der Waals surface area contributed by atoms with E-state index in [-0.39, 0.29) is 0 Å². The minimum Gasteiger partial charge on any atom is -0.357 e. The van der Waals surface area contributed by atoms with Crippen LogP contribution in [0.25, 0.3) is 5.65 Å². The summed E-state index contributed by atoms with van der Waals surface area (Å²) in [5, 5.41) is 4.34. The van der Waals surface area contributed by atoms with Crippen LogP contribution in [0, 0.1) is 0 Å². The van der Waals surface area contributed by atoms with Gasteiger partial charge in [-0.3, -0.25) is 0 Å². The quantitative estimate of drug-likeness (QED) is 0.811. The van der Waals surface area contributed by atoms with Crippen molar-refractivity contribution < 1.29 is 0 Å². The van der Waals surface area contributed by atoms with Crippen LogP contribution >= 0.6 is 0 Å². The third-order valence-corrected chi connectivity index (χ3v) is 3.38. The Labute approximate surface area is 101 Å². The molecule has 3 heterocycles. The first-order valence-electron chi connectivity index (χ1n) is 6.46. The highest BCUT2D eigenvalue weighted by Crippen LogP contribution is 2.19. The molecule has 0 aromatic carbocycles. The van der Waals surface area contributed by atoms with Gasteiger partial charge in [0.25, 0.3) is 0 Å². The lowest BCUT2D eigenvalue weighted by atomic mass is 10.2. The fraction of sp³-hybridized carbons (Fsp3) is 0.538. The average molecular weight is 230 g/mol. The number of nitrogens with zero attached hydrogens (tertiary/aromatic N) is 4. The first kappa shape index (κ1) is 10.6. The Morgan fingerprint density at radius 1 is 1.29 bits per heavy atom. The highest BCUT2D eigenvalue weighted by atomic mass is 15.3. The third kappa shape index (κ3) is 1.88. The lowest BCUT2D eigenvalue weighted by Gasteiger charge is -2.16. The predicted molar refractivity (Wildman–Crippen MR) is 68.4 cm³/mol. The minimum atomic E-state index is 1.02. The van der Waals surface area contributed by atoms with Crippen molar-refractivity contribution >= 4 is 11.5 Å². The van der Waals surface area contributed by atoms with E-state index in [0.717, 1.165) is 37.4 Å². The van der Waals surface area contributed by atoms with E-state index in [4.69, 9.17) is 4.98 Å². The fourth-order valence-electron chi connectivity index (χ4n) is 2.47. The van der Waals surface area contributed by atoms with Gasteiger partial charge in [0.1, 0.15) is 5.82 Å². The Bertz CT molecular complexity index is 511. The molecular formula is C13H18N4. The van der Waals surface area contributed by atoms with Crippen LogP contribution in [-0.2, 0) is 6.42 Å². The van der Waals surface area contributed by atoms with E-state index in [1.54, 1.807) is 0 Å². The van der Waals surface area contributed by atoms with E-state index >= 15 is 0 Å². The Morgan fingerprint density at radius 3 is 2.88 bits per heavy atom. The van der Waals surface area contributed by atoms with Crippen LogP contribution in [0.3, 0.4) is 0 Å². The topological polar surface area (TPSA) is 33.4 Å². The molecule has 1 saturated heterocycles. The largest absolute Gasteiger partial charge is 0.357 e. The maximum Gasteiger partial charge on any atom is 0.160 e. The number of hydrogen-bond donors (Lipinski definition) is 0. The Balaban J connectivity index is 2.00. The Morgan fingerprint density at radius 2 is 2.12 bits per heavy atom. The molecule has 3 rings (SSSR count). The van der Waals surface area contributed by atoms with Crippen molar-refractivity contribution in [1.29, 1.82) is 0 Å². The van der Waals surface area contributed by atoms with Crippen LogP contribution in [0.4, 0.5) is 5.82 Å². The van der Waals surface area contributed by atoms with Crippen molar-refractivity contribution in [2.45, 2.75) is 32.6 Å². The molecule has 1 aliphatic rings. The molecule has 4 nitrogen and oxygen atoms in total. The first-order valence-corrected chi connectivity index (χ1v) is 6.46. The lowest BCUT2D eigenvalue weighted by molar-refractivity contribution is 0.894. The second-order valence-electron chi connectivity index (χ2n) is 4.67. The molecule has 0 aliphatic carbocycles. The number of fused-ring (bicyclic) bond motifs is 1. The van der Waals surface area contributed by atoms with Gasteiger partial charge in [0.2, 0.25) is 0 Å².